The second kappa shape index (κ2) is 7.53. The molecule has 0 aliphatic heterocycles. The lowest BCUT2D eigenvalue weighted by Crippen LogP contribution is -2.41. The number of nitro groups is 1. The number of carbonyl (C=O) groups excluding carboxylic acids is 1. The number of rotatable bonds is 6. The first-order chi connectivity index (χ1) is 9.35. The number of hydrogen-bond acceptors (Lipinski definition) is 4. The van der Waals surface area contributed by atoms with Gasteiger partial charge in [0.05, 0.1) is 10.5 Å². The molecule has 3 N–H and O–H groups in total. The Bertz CT molecular complexity index is 506. The van der Waals surface area contributed by atoms with Crippen LogP contribution in [-0.2, 0) is 0 Å². The number of amides is 1. The number of nitrogens with one attached hydrogen (secondary N) is 1. The van der Waals surface area contributed by atoms with Crippen LogP contribution >= 0.6 is 22.6 Å². The molecule has 0 spiro atoms. The first-order valence-corrected chi connectivity index (χ1v) is 7.38. The smallest absolute Gasteiger partial charge is 0.270 e. The minimum atomic E-state index is -0.481. The van der Waals surface area contributed by atoms with E-state index in [0.29, 0.717) is 21.6 Å². The van der Waals surface area contributed by atoms with Gasteiger partial charge in [0.25, 0.3) is 11.6 Å². The minimum Gasteiger partial charge on any atom is -0.348 e. The Balaban J connectivity index is 2.84. The largest absolute Gasteiger partial charge is 0.348 e. The summed E-state index contributed by atoms with van der Waals surface area (Å²) in [5.74, 6) is 0.181. The molecule has 0 aliphatic rings. The van der Waals surface area contributed by atoms with Crippen molar-refractivity contribution in [1.29, 1.82) is 0 Å². The summed E-state index contributed by atoms with van der Waals surface area (Å²) in [4.78, 5) is 22.3. The molecule has 6 nitrogen and oxygen atoms in total. The Labute approximate surface area is 131 Å². The van der Waals surface area contributed by atoms with Crippen molar-refractivity contribution in [2.24, 2.45) is 11.7 Å². The van der Waals surface area contributed by atoms with Crippen molar-refractivity contribution < 1.29 is 9.72 Å². The van der Waals surface area contributed by atoms with Gasteiger partial charge in [0.1, 0.15) is 0 Å². The summed E-state index contributed by atoms with van der Waals surface area (Å²) in [6, 6.07) is 4.10. The average Bonchev–Trinajstić information content (AvgIpc) is 2.36. The summed E-state index contributed by atoms with van der Waals surface area (Å²) in [6.07, 6.45) is 0.797. The predicted octanol–water partition coefficient (Wildman–Crippen LogP) is 2.30. The van der Waals surface area contributed by atoms with E-state index in [9.17, 15) is 14.9 Å². The van der Waals surface area contributed by atoms with Crippen LogP contribution in [0.4, 0.5) is 5.69 Å². The minimum absolute atomic E-state index is 0.0245. The van der Waals surface area contributed by atoms with Crippen LogP contribution in [0.5, 0.6) is 0 Å². The Morgan fingerprint density at radius 1 is 1.50 bits per heavy atom. The van der Waals surface area contributed by atoms with Crippen molar-refractivity contribution >= 4 is 34.2 Å². The van der Waals surface area contributed by atoms with Crippen molar-refractivity contribution in [2.45, 2.75) is 26.3 Å². The van der Waals surface area contributed by atoms with Crippen molar-refractivity contribution in [3.8, 4) is 0 Å². The molecule has 7 heteroatoms. The molecule has 0 heterocycles. The molecule has 1 amide bonds. The molecule has 0 aromatic heterocycles. The highest BCUT2D eigenvalue weighted by molar-refractivity contribution is 14.1. The zero-order valence-corrected chi connectivity index (χ0v) is 13.6. The first-order valence-electron chi connectivity index (χ1n) is 6.30. The van der Waals surface area contributed by atoms with Gasteiger partial charge in [-0.2, -0.15) is 0 Å². The number of halogens is 1. The number of nitro benzene ring substituents is 1. The second-order valence-electron chi connectivity index (χ2n) is 4.96. The van der Waals surface area contributed by atoms with Crippen molar-refractivity contribution in [2.75, 3.05) is 6.54 Å². The number of nitrogens with zero attached hydrogens (tertiary/aromatic N) is 1. The molecule has 0 radical (unpaired) electrons. The van der Waals surface area contributed by atoms with Gasteiger partial charge in [-0.05, 0) is 41.0 Å². The van der Waals surface area contributed by atoms with Gasteiger partial charge in [0.2, 0.25) is 0 Å². The third-order valence-corrected chi connectivity index (χ3v) is 3.68. The van der Waals surface area contributed by atoms with Gasteiger partial charge in [0, 0.05) is 28.3 Å². The van der Waals surface area contributed by atoms with E-state index in [2.05, 4.69) is 19.2 Å². The summed E-state index contributed by atoms with van der Waals surface area (Å²) in [5, 5.41) is 13.5. The lowest BCUT2D eigenvalue weighted by Gasteiger charge is -2.19. The number of hydrogen-bond donors (Lipinski definition) is 2. The van der Waals surface area contributed by atoms with E-state index in [0.717, 1.165) is 6.42 Å². The monoisotopic (exact) mass is 391 g/mol. The maximum absolute atomic E-state index is 12.2. The van der Waals surface area contributed by atoms with Crippen LogP contribution in [-0.4, -0.2) is 23.4 Å². The van der Waals surface area contributed by atoms with Crippen LogP contribution in [0.3, 0.4) is 0 Å². The summed E-state index contributed by atoms with van der Waals surface area (Å²) in [7, 11) is 0. The summed E-state index contributed by atoms with van der Waals surface area (Å²) in [6.45, 7) is 4.49. The summed E-state index contributed by atoms with van der Waals surface area (Å²) < 4.78 is 0.551. The normalized spacial score (nSPS) is 12.2. The number of non-ortho nitro benzene ring substituents is 1. The lowest BCUT2D eigenvalue weighted by molar-refractivity contribution is -0.384. The molecule has 110 valence electrons. The highest BCUT2D eigenvalue weighted by Crippen LogP contribution is 2.20. The van der Waals surface area contributed by atoms with Crippen molar-refractivity contribution in [3.05, 3.63) is 37.4 Å². The SMILES string of the molecule is CC(C)CC(CN)NC(=O)c1ccc([N+](=O)[O-])cc1I. The van der Waals surface area contributed by atoms with E-state index in [-0.39, 0.29) is 17.6 Å². The molecule has 1 unspecified atom stereocenters. The highest BCUT2D eigenvalue weighted by atomic mass is 127. The molecular weight excluding hydrogens is 373 g/mol. The van der Waals surface area contributed by atoms with E-state index >= 15 is 0 Å². The Hall–Kier alpha value is -1.22. The molecule has 0 bridgehead atoms. The molecule has 1 rings (SSSR count). The van der Waals surface area contributed by atoms with Crippen molar-refractivity contribution in [3.63, 3.8) is 0 Å². The van der Waals surface area contributed by atoms with Gasteiger partial charge >= 0.3 is 0 Å². The third kappa shape index (κ3) is 4.71. The standard InChI is InChI=1S/C13H18IN3O3/c1-8(2)5-9(7-15)16-13(18)11-4-3-10(17(19)20)6-12(11)14/h3-4,6,8-9H,5,7,15H2,1-2H3,(H,16,18). The van der Waals surface area contributed by atoms with Gasteiger partial charge in [-0.1, -0.05) is 13.8 Å². The van der Waals surface area contributed by atoms with Gasteiger partial charge < -0.3 is 11.1 Å². The molecule has 0 aliphatic carbocycles. The van der Waals surface area contributed by atoms with Crippen LogP contribution in [0.2, 0.25) is 0 Å². The topological polar surface area (TPSA) is 98.3 Å². The number of nitrogens with two attached hydrogens (primary N) is 1. The fourth-order valence-corrected chi connectivity index (χ4v) is 2.59. The molecule has 0 saturated heterocycles. The lowest BCUT2D eigenvalue weighted by atomic mass is 10.0. The van der Waals surface area contributed by atoms with Crippen molar-refractivity contribution in [1.82, 2.24) is 5.32 Å². The zero-order valence-electron chi connectivity index (χ0n) is 11.4. The van der Waals surface area contributed by atoms with Crippen LogP contribution in [0.1, 0.15) is 30.6 Å². The van der Waals surface area contributed by atoms with E-state index in [1.807, 2.05) is 22.6 Å². The fourth-order valence-electron chi connectivity index (χ4n) is 1.85. The molecule has 1 atom stereocenters. The Morgan fingerprint density at radius 3 is 2.60 bits per heavy atom. The average molecular weight is 391 g/mol. The van der Waals surface area contributed by atoms with E-state index < -0.39 is 4.92 Å². The number of benzene rings is 1. The van der Waals surface area contributed by atoms with Crippen LogP contribution in [0.15, 0.2) is 18.2 Å². The van der Waals surface area contributed by atoms with E-state index in [1.165, 1.54) is 18.2 Å². The molecule has 1 aromatic carbocycles. The fraction of sp³-hybridized carbons (Fsp3) is 0.462. The van der Waals surface area contributed by atoms with Gasteiger partial charge in [-0.3, -0.25) is 14.9 Å². The molecule has 20 heavy (non-hydrogen) atoms. The van der Waals surface area contributed by atoms with Crippen LogP contribution in [0, 0.1) is 19.6 Å². The number of carbonyl (C=O) groups is 1. The molecule has 0 saturated carbocycles. The maximum atomic E-state index is 12.2. The molecule has 0 fully saturated rings. The van der Waals surface area contributed by atoms with Gasteiger partial charge in [0.15, 0.2) is 0 Å². The highest BCUT2D eigenvalue weighted by Gasteiger charge is 2.17. The van der Waals surface area contributed by atoms with E-state index in [4.69, 9.17) is 5.73 Å². The second-order valence-corrected chi connectivity index (χ2v) is 6.12. The van der Waals surface area contributed by atoms with E-state index in [1.54, 1.807) is 0 Å². The van der Waals surface area contributed by atoms with Crippen LogP contribution in [0.25, 0.3) is 0 Å². The molecule has 1 aromatic rings. The zero-order chi connectivity index (χ0) is 15.3. The van der Waals surface area contributed by atoms with Crippen LogP contribution < -0.4 is 11.1 Å². The molecular formula is C13H18IN3O3. The quantitative estimate of drug-likeness (QED) is 0.442. The summed E-state index contributed by atoms with van der Waals surface area (Å²) in [5.41, 5.74) is 6.05. The summed E-state index contributed by atoms with van der Waals surface area (Å²) >= 11 is 1.92. The Morgan fingerprint density at radius 2 is 2.15 bits per heavy atom. The third-order valence-electron chi connectivity index (χ3n) is 2.78. The first kappa shape index (κ1) is 16.8. The van der Waals surface area contributed by atoms with Gasteiger partial charge in [-0.15, -0.1) is 0 Å². The Kier molecular flexibility index (Phi) is 6.34. The maximum Gasteiger partial charge on any atom is 0.270 e. The van der Waals surface area contributed by atoms with Gasteiger partial charge in [-0.25, -0.2) is 0 Å². The predicted molar refractivity (Wildman–Crippen MR) is 85.6 cm³/mol.